The molecule has 5 heteroatoms. The van der Waals surface area contributed by atoms with Gasteiger partial charge >= 0.3 is 6.09 Å². The van der Waals surface area contributed by atoms with Crippen molar-refractivity contribution in [3.05, 3.63) is 34.9 Å². The van der Waals surface area contributed by atoms with Crippen LogP contribution in [0.25, 0.3) is 0 Å². The standard InChI is InChI=1S/C15H20ClNO3/c1-15(2,3)20-14(19)17-8-11(9-17)13(18)10-4-6-12(16)7-5-10/h4-7,11,13,18H,8-9H2,1-3H3. The molecule has 2 rings (SSSR count). The summed E-state index contributed by atoms with van der Waals surface area (Å²) in [5, 5.41) is 10.9. The number of benzene rings is 1. The maximum Gasteiger partial charge on any atom is 0.410 e. The Morgan fingerprint density at radius 1 is 1.35 bits per heavy atom. The molecule has 0 bridgehead atoms. The number of hydrogen-bond donors (Lipinski definition) is 1. The van der Waals surface area contributed by atoms with Gasteiger partial charge in [0, 0.05) is 24.0 Å². The average Bonchev–Trinajstić information content (AvgIpc) is 2.25. The summed E-state index contributed by atoms with van der Waals surface area (Å²) < 4.78 is 5.28. The minimum atomic E-state index is -0.578. The van der Waals surface area contributed by atoms with Crippen molar-refractivity contribution in [1.82, 2.24) is 4.90 Å². The van der Waals surface area contributed by atoms with Crippen molar-refractivity contribution in [2.45, 2.75) is 32.5 Å². The van der Waals surface area contributed by atoms with Crippen molar-refractivity contribution in [3.8, 4) is 0 Å². The quantitative estimate of drug-likeness (QED) is 0.911. The summed E-state index contributed by atoms with van der Waals surface area (Å²) in [6.07, 6.45) is -0.900. The zero-order valence-corrected chi connectivity index (χ0v) is 12.7. The number of carbonyl (C=O) groups excluding carboxylic acids is 1. The molecule has 0 aromatic heterocycles. The first kappa shape index (κ1) is 15.1. The molecule has 1 aromatic rings. The van der Waals surface area contributed by atoms with E-state index in [9.17, 15) is 9.90 Å². The van der Waals surface area contributed by atoms with Gasteiger partial charge in [0.2, 0.25) is 0 Å². The number of aliphatic hydroxyl groups excluding tert-OH is 1. The number of aliphatic hydroxyl groups is 1. The van der Waals surface area contributed by atoms with Gasteiger partial charge in [-0.05, 0) is 38.5 Å². The summed E-state index contributed by atoms with van der Waals surface area (Å²) in [4.78, 5) is 13.4. The van der Waals surface area contributed by atoms with Gasteiger partial charge in [-0.3, -0.25) is 0 Å². The number of rotatable bonds is 2. The SMILES string of the molecule is CC(C)(C)OC(=O)N1CC(C(O)c2ccc(Cl)cc2)C1. The minimum absolute atomic E-state index is 0.0451. The Morgan fingerprint density at radius 2 is 1.90 bits per heavy atom. The van der Waals surface area contributed by atoms with E-state index in [1.165, 1.54) is 0 Å². The highest BCUT2D eigenvalue weighted by Crippen LogP contribution is 2.31. The van der Waals surface area contributed by atoms with Crippen LogP contribution in [0.1, 0.15) is 32.4 Å². The summed E-state index contributed by atoms with van der Waals surface area (Å²) in [5.41, 5.74) is 0.333. The van der Waals surface area contributed by atoms with Crippen molar-refractivity contribution < 1.29 is 14.6 Å². The highest BCUT2D eigenvalue weighted by Gasteiger charge is 2.38. The second-order valence-corrected chi connectivity index (χ2v) is 6.58. The minimum Gasteiger partial charge on any atom is -0.444 e. The molecule has 1 heterocycles. The molecule has 1 fully saturated rings. The summed E-state index contributed by atoms with van der Waals surface area (Å²) in [6, 6.07) is 7.13. The highest BCUT2D eigenvalue weighted by molar-refractivity contribution is 6.30. The predicted molar refractivity (Wildman–Crippen MR) is 77.7 cm³/mol. The molecule has 20 heavy (non-hydrogen) atoms. The Labute approximate surface area is 124 Å². The van der Waals surface area contributed by atoms with Crippen LogP contribution in [0.3, 0.4) is 0 Å². The Morgan fingerprint density at radius 3 is 2.40 bits per heavy atom. The van der Waals surface area contributed by atoms with Crippen LogP contribution in [-0.4, -0.2) is 34.8 Å². The van der Waals surface area contributed by atoms with Gasteiger partial charge in [-0.15, -0.1) is 0 Å². The maximum absolute atomic E-state index is 11.8. The molecule has 0 aliphatic carbocycles. The highest BCUT2D eigenvalue weighted by atomic mass is 35.5. The van der Waals surface area contributed by atoms with Crippen LogP contribution in [0, 0.1) is 5.92 Å². The zero-order valence-electron chi connectivity index (χ0n) is 12.0. The molecule has 4 nitrogen and oxygen atoms in total. The molecule has 1 aliphatic rings. The second kappa shape index (κ2) is 5.62. The molecule has 1 aliphatic heterocycles. The van der Waals surface area contributed by atoms with Crippen LogP contribution in [0.2, 0.25) is 5.02 Å². The summed E-state index contributed by atoms with van der Waals surface area (Å²) >= 11 is 5.82. The van der Waals surface area contributed by atoms with E-state index in [0.717, 1.165) is 5.56 Å². The molecule has 1 unspecified atom stereocenters. The van der Waals surface area contributed by atoms with Crippen LogP contribution in [0.5, 0.6) is 0 Å². The average molecular weight is 298 g/mol. The van der Waals surface area contributed by atoms with Crippen molar-refractivity contribution in [2.24, 2.45) is 5.92 Å². The molecule has 0 radical (unpaired) electrons. The topological polar surface area (TPSA) is 49.8 Å². The predicted octanol–water partition coefficient (Wildman–Crippen LogP) is 3.24. The lowest BCUT2D eigenvalue weighted by Gasteiger charge is -2.42. The monoisotopic (exact) mass is 297 g/mol. The number of ether oxygens (including phenoxy) is 1. The van der Waals surface area contributed by atoms with Crippen LogP contribution in [0.15, 0.2) is 24.3 Å². The fourth-order valence-electron chi connectivity index (χ4n) is 2.12. The fourth-order valence-corrected chi connectivity index (χ4v) is 2.25. The number of likely N-dealkylation sites (tertiary alicyclic amines) is 1. The largest absolute Gasteiger partial charge is 0.444 e. The molecular weight excluding hydrogens is 278 g/mol. The number of carbonyl (C=O) groups is 1. The van der Waals surface area contributed by atoms with Gasteiger partial charge in [0.25, 0.3) is 0 Å². The molecule has 1 aromatic carbocycles. The van der Waals surface area contributed by atoms with E-state index in [-0.39, 0.29) is 12.0 Å². The van der Waals surface area contributed by atoms with E-state index in [0.29, 0.717) is 18.1 Å². The van der Waals surface area contributed by atoms with Crippen molar-refractivity contribution >= 4 is 17.7 Å². The van der Waals surface area contributed by atoms with Gasteiger partial charge in [-0.1, -0.05) is 23.7 Å². The van der Waals surface area contributed by atoms with Crippen molar-refractivity contribution in [1.29, 1.82) is 0 Å². The first-order valence-corrected chi connectivity index (χ1v) is 7.05. The van der Waals surface area contributed by atoms with Gasteiger partial charge < -0.3 is 14.7 Å². The van der Waals surface area contributed by atoms with E-state index >= 15 is 0 Å². The lowest BCUT2D eigenvalue weighted by Crippen LogP contribution is -2.53. The van der Waals surface area contributed by atoms with Gasteiger partial charge in [-0.2, -0.15) is 0 Å². The van der Waals surface area contributed by atoms with Crippen molar-refractivity contribution in [3.63, 3.8) is 0 Å². The smallest absolute Gasteiger partial charge is 0.410 e. The van der Waals surface area contributed by atoms with Crippen LogP contribution < -0.4 is 0 Å². The molecule has 1 N–H and O–H groups in total. The first-order valence-electron chi connectivity index (χ1n) is 6.68. The third kappa shape index (κ3) is 3.64. The second-order valence-electron chi connectivity index (χ2n) is 6.14. The molecule has 0 spiro atoms. The Kier molecular flexibility index (Phi) is 4.25. The van der Waals surface area contributed by atoms with E-state index in [1.807, 2.05) is 32.9 Å². The summed E-state index contributed by atoms with van der Waals surface area (Å²) in [6.45, 7) is 6.54. The molecule has 0 saturated carbocycles. The number of amides is 1. The number of halogens is 1. The lowest BCUT2D eigenvalue weighted by molar-refractivity contribution is -0.0314. The molecule has 1 amide bonds. The van der Waals surface area contributed by atoms with Crippen LogP contribution in [-0.2, 0) is 4.74 Å². The molecule has 110 valence electrons. The van der Waals surface area contributed by atoms with Gasteiger partial charge in [0.15, 0.2) is 0 Å². The van der Waals surface area contributed by atoms with E-state index in [4.69, 9.17) is 16.3 Å². The van der Waals surface area contributed by atoms with Crippen molar-refractivity contribution in [2.75, 3.05) is 13.1 Å². The molecular formula is C15H20ClNO3. The Balaban J connectivity index is 1.87. The molecule has 1 saturated heterocycles. The van der Waals surface area contributed by atoms with E-state index in [2.05, 4.69) is 0 Å². The third-order valence-corrected chi connectivity index (χ3v) is 3.47. The maximum atomic E-state index is 11.8. The normalized spacial score (nSPS) is 17.6. The zero-order chi connectivity index (χ0) is 14.9. The number of nitrogens with zero attached hydrogens (tertiary/aromatic N) is 1. The van der Waals surface area contributed by atoms with Gasteiger partial charge in [-0.25, -0.2) is 4.79 Å². The Bertz CT molecular complexity index is 475. The first-order chi connectivity index (χ1) is 9.26. The summed E-state index contributed by atoms with van der Waals surface area (Å²) in [7, 11) is 0. The van der Waals surface area contributed by atoms with Crippen LogP contribution in [0.4, 0.5) is 4.79 Å². The van der Waals surface area contributed by atoms with Gasteiger partial charge in [0.05, 0.1) is 6.10 Å². The van der Waals surface area contributed by atoms with E-state index in [1.54, 1.807) is 17.0 Å². The van der Waals surface area contributed by atoms with Gasteiger partial charge in [0.1, 0.15) is 5.60 Å². The van der Waals surface area contributed by atoms with E-state index < -0.39 is 11.7 Å². The fraction of sp³-hybridized carbons (Fsp3) is 0.533. The Hall–Kier alpha value is -1.26. The third-order valence-electron chi connectivity index (χ3n) is 3.22. The molecule has 1 atom stereocenters. The lowest BCUT2D eigenvalue weighted by atomic mass is 9.89. The van der Waals surface area contributed by atoms with Crippen LogP contribution >= 0.6 is 11.6 Å². The number of hydrogen-bond acceptors (Lipinski definition) is 3. The summed E-state index contributed by atoms with van der Waals surface area (Å²) in [5.74, 6) is 0.0451.